The fourth-order valence-electron chi connectivity index (χ4n) is 2.70. The van der Waals surface area contributed by atoms with Gasteiger partial charge in [0.15, 0.2) is 16.6 Å². The molecule has 1 amide bonds. The Kier molecular flexibility index (Phi) is 4.18. The highest BCUT2D eigenvalue weighted by Crippen LogP contribution is 2.37. The van der Waals surface area contributed by atoms with E-state index in [0.717, 1.165) is 0 Å². The molecule has 1 fully saturated rings. The monoisotopic (exact) mass is 388 g/mol. The van der Waals surface area contributed by atoms with E-state index < -0.39 is 0 Å². The molecule has 2 heterocycles. The Morgan fingerprint density at radius 1 is 1.23 bits per heavy atom. The summed E-state index contributed by atoms with van der Waals surface area (Å²) >= 11 is 11.6. The standard InChI is InChI=1S/C18H13ClN2O4S/c1-23-12-4-2-11(3-5-12)21-17(22)14(20-18(21)26)6-10-7-15-16(8-13(10)19)25-9-24-15/h2-8H,9H2,1H3,(H,20,26)/b14-6+. The third-order valence-corrected chi connectivity index (χ3v) is 4.61. The maximum atomic E-state index is 12.8. The van der Waals surface area contributed by atoms with Gasteiger partial charge in [-0.3, -0.25) is 9.69 Å². The van der Waals surface area contributed by atoms with Gasteiger partial charge in [-0.25, -0.2) is 0 Å². The second kappa shape index (κ2) is 6.51. The van der Waals surface area contributed by atoms with E-state index in [1.54, 1.807) is 49.6 Å². The van der Waals surface area contributed by atoms with Crippen LogP contribution in [0.2, 0.25) is 5.02 Å². The Labute approximate surface area is 159 Å². The molecule has 2 aromatic carbocycles. The van der Waals surface area contributed by atoms with Crippen LogP contribution < -0.4 is 24.4 Å². The number of thiocarbonyl (C=S) groups is 1. The fourth-order valence-corrected chi connectivity index (χ4v) is 3.21. The van der Waals surface area contributed by atoms with Crippen LogP contribution in [0.25, 0.3) is 6.08 Å². The van der Waals surface area contributed by atoms with Crippen molar-refractivity contribution in [2.24, 2.45) is 0 Å². The van der Waals surface area contributed by atoms with E-state index in [-0.39, 0.29) is 12.7 Å². The molecule has 0 spiro atoms. The van der Waals surface area contributed by atoms with E-state index in [1.807, 2.05) is 0 Å². The van der Waals surface area contributed by atoms with E-state index in [0.29, 0.717) is 44.3 Å². The maximum absolute atomic E-state index is 12.8. The Morgan fingerprint density at radius 3 is 2.62 bits per heavy atom. The van der Waals surface area contributed by atoms with Crippen LogP contribution in [0.4, 0.5) is 5.69 Å². The maximum Gasteiger partial charge on any atom is 0.281 e. The summed E-state index contributed by atoms with van der Waals surface area (Å²) in [5.74, 6) is 1.59. The van der Waals surface area contributed by atoms with Gasteiger partial charge < -0.3 is 19.5 Å². The Hall–Kier alpha value is -2.77. The molecule has 0 aromatic heterocycles. The molecule has 8 heteroatoms. The third kappa shape index (κ3) is 2.85. The topological polar surface area (TPSA) is 60.0 Å². The van der Waals surface area contributed by atoms with Crippen molar-refractivity contribution >= 4 is 46.6 Å². The highest BCUT2D eigenvalue weighted by Gasteiger charge is 2.32. The van der Waals surface area contributed by atoms with Gasteiger partial charge in [0.2, 0.25) is 6.79 Å². The second-order valence-corrected chi connectivity index (χ2v) is 6.35. The number of halogens is 1. The number of carbonyl (C=O) groups is 1. The van der Waals surface area contributed by atoms with Crippen molar-refractivity contribution in [2.45, 2.75) is 0 Å². The molecule has 1 saturated heterocycles. The van der Waals surface area contributed by atoms with Gasteiger partial charge in [-0.1, -0.05) is 11.6 Å². The van der Waals surface area contributed by atoms with Crippen LogP contribution in [0.1, 0.15) is 5.56 Å². The van der Waals surface area contributed by atoms with E-state index in [1.165, 1.54) is 4.90 Å². The largest absolute Gasteiger partial charge is 0.497 e. The highest BCUT2D eigenvalue weighted by atomic mass is 35.5. The minimum Gasteiger partial charge on any atom is -0.497 e. The van der Waals surface area contributed by atoms with Crippen molar-refractivity contribution in [3.63, 3.8) is 0 Å². The Bertz CT molecular complexity index is 943. The average molecular weight is 389 g/mol. The number of nitrogens with zero attached hydrogens (tertiary/aromatic N) is 1. The van der Waals surface area contributed by atoms with Crippen molar-refractivity contribution in [2.75, 3.05) is 18.8 Å². The first-order valence-corrected chi connectivity index (χ1v) is 8.46. The smallest absolute Gasteiger partial charge is 0.281 e. The van der Waals surface area contributed by atoms with Crippen molar-refractivity contribution in [1.29, 1.82) is 0 Å². The predicted octanol–water partition coefficient (Wildman–Crippen LogP) is 3.34. The summed E-state index contributed by atoms with van der Waals surface area (Å²) in [7, 11) is 1.58. The number of amides is 1. The molecular weight excluding hydrogens is 376 g/mol. The van der Waals surface area contributed by atoms with E-state index in [4.69, 9.17) is 38.0 Å². The molecule has 132 valence electrons. The molecule has 2 aliphatic rings. The summed E-state index contributed by atoms with van der Waals surface area (Å²) < 4.78 is 15.8. The second-order valence-electron chi connectivity index (χ2n) is 5.55. The molecule has 26 heavy (non-hydrogen) atoms. The first-order valence-electron chi connectivity index (χ1n) is 7.67. The number of anilines is 1. The third-order valence-electron chi connectivity index (χ3n) is 4.00. The number of hydrogen-bond donors (Lipinski definition) is 1. The normalized spacial score (nSPS) is 17.0. The fraction of sp³-hybridized carbons (Fsp3) is 0.111. The number of benzene rings is 2. The van der Waals surface area contributed by atoms with Gasteiger partial charge >= 0.3 is 0 Å². The molecule has 0 radical (unpaired) electrons. The van der Waals surface area contributed by atoms with Gasteiger partial charge in [0.25, 0.3) is 5.91 Å². The van der Waals surface area contributed by atoms with Crippen LogP contribution in [0.5, 0.6) is 17.2 Å². The Morgan fingerprint density at radius 2 is 1.92 bits per heavy atom. The number of methoxy groups -OCH3 is 1. The quantitative estimate of drug-likeness (QED) is 0.643. The molecule has 0 bridgehead atoms. The van der Waals surface area contributed by atoms with Crippen LogP contribution >= 0.6 is 23.8 Å². The van der Waals surface area contributed by atoms with Crippen LogP contribution in [0, 0.1) is 0 Å². The highest BCUT2D eigenvalue weighted by molar-refractivity contribution is 7.80. The summed E-state index contributed by atoms with van der Waals surface area (Å²) in [5, 5.41) is 3.68. The zero-order valence-electron chi connectivity index (χ0n) is 13.6. The van der Waals surface area contributed by atoms with Gasteiger partial charge in [0, 0.05) is 6.07 Å². The predicted molar refractivity (Wildman–Crippen MR) is 102 cm³/mol. The number of rotatable bonds is 3. The molecule has 1 N–H and O–H groups in total. The van der Waals surface area contributed by atoms with Gasteiger partial charge in [-0.05, 0) is 54.2 Å². The summed E-state index contributed by atoms with van der Waals surface area (Å²) in [6.45, 7) is 0.151. The molecule has 0 unspecified atom stereocenters. The van der Waals surface area contributed by atoms with Gasteiger partial charge in [-0.2, -0.15) is 0 Å². The van der Waals surface area contributed by atoms with E-state index >= 15 is 0 Å². The van der Waals surface area contributed by atoms with Crippen molar-refractivity contribution < 1.29 is 19.0 Å². The summed E-state index contributed by atoms with van der Waals surface area (Å²) in [5.41, 5.74) is 1.60. The Balaban J connectivity index is 1.65. The molecule has 0 atom stereocenters. The van der Waals surface area contributed by atoms with Gasteiger partial charge in [0.1, 0.15) is 11.4 Å². The van der Waals surface area contributed by atoms with Crippen LogP contribution in [0.3, 0.4) is 0 Å². The number of fused-ring (bicyclic) bond motifs is 1. The summed E-state index contributed by atoms with van der Waals surface area (Å²) in [6.07, 6.45) is 1.64. The minimum atomic E-state index is -0.270. The molecule has 0 aliphatic carbocycles. The number of carbonyl (C=O) groups excluding carboxylic acids is 1. The number of ether oxygens (including phenoxy) is 3. The lowest BCUT2D eigenvalue weighted by Gasteiger charge is -2.14. The van der Waals surface area contributed by atoms with Gasteiger partial charge in [-0.15, -0.1) is 0 Å². The van der Waals surface area contributed by atoms with E-state index in [2.05, 4.69) is 5.32 Å². The number of nitrogens with one attached hydrogen (secondary N) is 1. The van der Waals surface area contributed by atoms with Crippen molar-refractivity contribution in [1.82, 2.24) is 5.32 Å². The van der Waals surface area contributed by atoms with Crippen LogP contribution in [-0.4, -0.2) is 24.9 Å². The molecular formula is C18H13ClN2O4S. The first kappa shape index (κ1) is 16.7. The zero-order valence-corrected chi connectivity index (χ0v) is 15.2. The van der Waals surface area contributed by atoms with Crippen LogP contribution in [0.15, 0.2) is 42.1 Å². The average Bonchev–Trinajstić information content (AvgIpc) is 3.19. The lowest BCUT2D eigenvalue weighted by Crippen LogP contribution is -2.30. The van der Waals surface area contributed by atoms with E-state index in [9.17, 15) is 4.79 Å². The number of hydrogen-bond acceptors (Lipinski definition) is 5. The molecule has 0 saturated carbocycles. The van der Waals surface area contributed by atoms with Gasteiger partial charge in [0.05, 0.1) is 17.8 Å². The summed E-state index contributed by atoms with van der Waals surface area (Å²) in [4.78, 5) is 14.2. The SMILES string of the molecule is COc1ccc(N2C(=O)/C(=C\c3cc4c(cc3Cl)OCO4)NC2=S)cc1. The lowest BCUT2D eigenvalue weighted by atomic mass is 10.1. The molecule has 6 nitrogen and oxygen atoms in total. The molecule has 4 rings (SSSR count). The molecule has 2 aliphatic heterocycles. The van der Waals surface area contributed by atoms with Crippen LogP contribution in [-0.2, 0) is 4.79 Å². The van der Waals surface area contributed by atoms with Crippen molar-refractivity contribution in [3.8, 4) is 17.2 Å². The first-order chi connectivity index (χ1) is 12.6. The van der Waals surface area contributed by atoms with Crippen molar-refractivity contribution in [3.05, 3.63) is 52.7 Å². The summed E-state index contributed by atoms with van der Waals surface area (Å²) in [6, 6.07) is 10.5. The lowest BCUT2D eigenvalue weighted by molar-refractivity contribution is -0.113. The minimum absolute atomic E-state index is 0.151. The zero-order chi connectivity index (χ0) is 18.3. The molecule has 2 aromatic rings.